The predicted octanol–water partition coefficient (Wildman–Crippen LogP) is 9.15. The van der Waals surface area contributed by atoms with E-state index in [4.69, 9.17) is 15.7 Å². The third kappa shape index (κ3) is 8.07. The number of amides is 3. The summed E-state index contributed by atoms with van der Waals surface area (Å²) in [5, 5.41) is 9.15. The Hall–Kier alpha value is -6.54. The second kappa shape index (κ2) is 15.6. The second-order valence-electron chi connectivity index (χ2n) is 13.6. The Morgan fingerprint density at radius 2 is 1.32 bits per heavy atom. The van der Waals surface area contributed by atoms with Gasteiger partial charge in [-0.05, 0) is 122 Å². The fourth-order valence-corrected chi connectivity index (χ4v) is 10.9. The van der Waals surface area contributed by atoms with Crippen molar-refractivity contribution in [2.24, 2.45) is 0 Å². The van der Waals surface area contributed by atoms with Gasteiger partial charge in [-0.3, -0.25) is 9.35 Å². The summed E-state index contributed by atoms with van der Waals surface area (Å²) < 4.78 is 74.2. The number of anilines is 4. The molecule has 0 saturated heterocycles. The zero-order valence-electron chi connectivity index (χ0n) is 31.4. The third-order valence-electron chi connectivity index (χ3n) is 9.50. The largest absolute Gasteiger partial charge is 0.744 e. The van der Waals surface area contributed by atoms with Gasteiger partial charge in [-0.1, -0.05) is 24.3 Å². The van der Waals surface area contributed by atoms with E-state index in [9.17, 15) is 35.5 Å². The highest BCUT2D eigenvalue weighted by atomic mass is 32.2. The maximum absolute atomic E-state index is 13.7. The predicted molar refractivity (Wildman–Crippen MR) is 234 cm³/mol. The number of nitrogens with two attached hydrogens (primary N) is 1. The smallest absolute Gasteiger partial charge is 0.323 e. The van der Waals surface area contributed by atoms with E-state index in [1.54, 1.807) is 84.9 Å². The molecule has 0 aliphatic carbocycles. The van der Waals surface area contributed by atoms with Crippen LogP contribution in [-0.2, 0) is 20.2 Å². The standard InChI is InChI=1S/C42H32N6O8S4/c1-22-8-19-32-37(38(22)60(54,55)56)58-41(47-32)30-18-17-29(44-39(49)24-11-15-28(16-12-24)46-42(50)45-27-6-4-3-5-7-27)20-31(30)35-23(2)34(59(51,52)53)21-33-36(35)57-40(48-33)25-9-13-26(43)14-10-25/h3-21H,43H2,1-2H3,(H,44,49)(H2,45,46,50)(H,51,52,53)(H,54,55,56)/p-1. The normalized spacial score (nSPS) is 11.8. The lowest BCUT2D eigenvalue weighted by Crippen LogP contribution is -2.19. The molecule has 6 N–H and O–H groups in total. The van der Waals surface area contributed by atoms with E-state index < -0.39 is 42.0 Å². The Morgan fingerprint density at radius 3 is 1.98 bits per heavy atom. The molecule has 60 heavy (non-hydrogen) atoms. The molecule has 3 amide bonds. The number of aromatic nitrogens is 2. The number of rotatable bonds is 9. The highest BCUT2D eigenvalue weighted by Crippen LogP contribution is 2.47. The minimum absolute atomic E-state index is 0.149. The van der Waals surface area contributed by atoms with Gasteiger partial charge in [-0.2, -0.15) is 8.42 Å². The van der Waals surface area contributed by atoms with Crippen molar-refractivity contribution >= 4 is 98.0 Å². The average Bonchev–Trinajstić information content (AvgIpc) is 3.82. The number of nitrogens with zero attached hydrogens (tertiary/aromatic N) is 2. The van der Waals surface area contributed by atoms with Gasteiger partial charge in [0.25, 0.3) is 16.0 Å². The summed E-state index contributed by atoms with van der Waals surface area (Å²) in [6.07, 6.45) is 0. The van der Waals surface area contributed by atoms with Crippen molar-refractivity contribution in [2.75, 3.05) is 21.7 Å². The summed E-state index contributed by atoms with van der Waals surface area (Å²) >= 11 is 2.23. The van der Waals surface area contributed by atoms with Crippen LogP contribution in [0.2, 0.25) is 0 Å². The van der Waals surface area contributed by atoms with Crippen LogP contribution in [-0.4, -0.2) is 47.8 Å². The molecule has 2 heterocycles. The summed E-state index contributed by atoms with van der Waals surface area (Å²) in [5.41, 5.74) is 10.8. The van der Waals surface area contributed by atoms with E-state index in [1.165, 1.54) is 49.4 Å². The number of carbonyl (C=O) groups is 2. The molecule has 18 heteroatoms. The number of nitrogen functional groups attached to an aromatic ring is 1. The number of thiazole rings is 2. The minimum atomic E-state index is -4.90. The molecule has 0 radical (unpaired) electrons. The van der Waals surface area contributed by atoms with Crippen molar-refractivity contribution in [3.63, 3.8) is 0 Å². The second-order valence-corrected chi connectivity index (χ2v) is 18.3. The van der Waals surface area contributed by atoms with Gasteiger partial charge in [0.1, 0.15) is 20.1 Å². The van der Waals surface area contributed by atoms with Crippen molar-refractivity contribution < 1.29 is 35.5 Å². The Labute approximate surface area is 351 Å². The van der Waals surface area contributed by atoms with Crippen LogP contribution in [0.3, 0.4) is 0 Å². The van der Waals surface area contributed by atoms with Gasteiger partial charge in [0, 0.05) is 45.0 Å². The van der Waals surface area contributed by atoms with Gasteiger partial charge in [-0.15, -0.1) is 22.7 Å². The topological polar surface area (TPSA) is 234 Å². The monoisotopic (exact) mass is 875 g/mol. The van der Waals surface area contributed by atoms with Crippen LogP contribution >= 0.6 is 22.7 Å². The lowest BCUT2D eigenvalue weighted by Gasteiger charge is -2.16. The first-order valence-corrected chi connectivity index (χ1v) is 22.3. The summed E-state index contributed by atoms with van der Waals surface area (Å²) in [7, 11) is -9.70. The van der Waals surface area contributed by atoms with Gasteiger partial charge >= 0.3 is 6.03 Å². The number of urea groups is 1. The first-order chi connectivity index (χ1) is 28.5. The fourth-order valence-electron chi connectivity index (χ4n) is 6.71. The number of hydrogen-bond donors (Lipinski definition) is 5. The molecule has 0 saturated carbocycles. The van der Waals surface area contributed by atoms with Crippen LogP contribution in [0.15, 0.2) is 125 Å². The number of fused-ring (bicyclic) bond motifs is 2. The van der Waals surface area contributed by atoms with Crippen LogP contribution < -0.4 is 21.7 Å². The molecule has 0 unspecified atom stereocenters. The van der Waals surface area contributed by atoms with Crippen molar-refractivity contribution in [3.8, 4) is 32.3 Å². The van der Waals surface area contributed by atoms with Crippen LogP contribution in [0.1, 0.15) is 21.5 Å². The van der Waals surface area contributed by atoms with E-state index in [2.05, 4.69) is 16.0 Å². The van der Waals surface area contributed by atoms with Gasteiger partial charge in [-0.25, -0.2) is 23.2 Å². The highest BCUT2D eigenvalue weighted by Gasteiger charge is 2.26. The number of carbonyl (C=O) groups excluding carboxylic acids is 2. The minimum Gasteiger partial charge on any atom is -0.744 e. The molecule has 0 aliphatic heterocycles. The Morgan fingerprint density at radius 1 is 0.683 bits per heavy atom. The van der Waals surface area contributed by atoms with Gasteiger partial charge < -0.3 is 26.2 Å². The molecule has 302 valence electrons. The maximum atomic E-state index is 13.7. The number of benzene rings is 6. The van der Waals surface area contributed by atoms with Crippen molar-refractivity contribution in [1.82, 2.24) is 9.97 Å². The molecular formula is C42H31N6O8S4-. The highest BCUT2D eigenvalue weighted by molar-refractivity contribution is 7.86. The summed E-state index contributed by atoms with van der Waals surface area (Å²) in [6, 6.07) is 30.9. The lowest BCUT2D eigenvalue weighted by molar-refractivity contribution is 0.102. The van der Waals surface area contributed by atoms with Crippen LogP contribution in [0.5, 0.6) is 0 Å². The van der Waals surface area contributed by atoms with E-state index in [1.807, 2.05) is 6.07 Å². The zero-order valence-corrected chi connectivity index (χ0v) is 34.6. The molecule has 0 aliphatic rings. The molecule has 2 aromatic heterocycles. The molecule has 8 rings (SSSR count). The molecule has 0 spiro atoms. The number of nitrogens with one attached hydrogen (secondary N) is 3. The molecule has 6 aromatic carbocycles. The van der Waals surface area contributed by atoms with Gasteiger partial charge in [0.2, 0.25) is 0 Å². The Balaban J connectivity index is 1.25. The summed E-state index contributed by atoms with van der Waals surface area (Å²) in [6.45, 7) is 3.05. The number of hydrogen-bond acceptors (Lipinski definition) is 12. The summed E-state index contributed by atoms with van der Waals surface area (Å²) in [5.74, 6) is -0.508. The lowest BCUT2D eigenvalue weighted by atomic mass is 9.95. The molecular weight excluding hydrogens is 845 g/mol. The van der Waals surface area contributed by atoms with Crippen LogP contribution in [0.4, 0.5) is 27.5 Å². The number of para-hydroxylation sites is 1. The average molecular weight is 876 g/mol. The van der Waals surface area contributed by atoms with E-state index in [0.29, 0.717) is 54.0 Å². The van der Waals surface area contributed by atoms with E-state index in [0.717, 1.165) is 11.3 Å². The summed E-state index contributed by atoms with van der Waals surface area (Å²) in [4.78, 5) is 34.9. The SMILES string of the molecule is Cc1ccc2nc(-c3ccc(NC(=O)c4ccc(NC(=O)Nc5ccccc5)cc4)cc3-c3c(C)c(S(=O)(=O)O)cc4nc(-c5ccc(N)cc5)sc34)sc2c1S(=O)(=O)[O-]. The molecule has 8 aromatic rings. The fraction of sp³-hybridized carbons (Fsp3) is 0.0476. The molecule has 0 fully saturated rings. The first kappa shape index (κ1) is 40.2. The van der Waals surface area contributed by atoms with Crippen LogP contribution in [0.25, 0.3) is 52.7 Å². The van der Waals surface area contributed by atoms with Gasteiger partial charge in [0.15, 0.2) is 0 Å². The zero-order chi connectivity index (χ0) is 42.5. The molecule has 0 bridgehead atoms. The maximum Gasteiger partial charge on any atom is 0.323 e. The molecule has 0 atom stereocenters. The van der Waals surface area contributed by atoms with E-state index >= 15 is 0 Å². The van der Waals surface area contributed by atoms with Gasteiger partial charge in [0.05, 0.1) is 30.2 Å². The quantitative estimate of drug-likeness (QED) is 0.0677. The van der Waals surface area contributed by atoms with E-state index in [-0.39, 0.29) is 38.1 Å². The van der Waals surface area contributed by atoms with Crippen molar-refractivity contribution in [3.05, 3.63) is 132 Å². The first-order valence-electron chi connectivity index (χ1n) is 17.9. The molecule has 14 nitrogen and oxygen atoms in total. The Bertz CT molecular complexity index is 3240. The number of aryl methyl sites for hydroxylation is 1. The van der Waals surface area contributed by atoms with Crippen molar-refractivity contribution in [1.29, 1.82) is 0 Å². The third-order valence-corrected chi connectivity index (χ3v) is 13.9. The Kier molecular flexibility index (Phi) is 10.4. The van der Waals surface area contributed by atoms with Crippen LogP contribution in [0, 0.1) is 13.8 Å². The van der Waals surface area contributed by atoms with Crippen molar-refractivity contribution in [2.45, 2.75) is 23.6 Å².